The van der Waals surface area contributed by atoms with Crippen LogP contribution in [0.1, 0.15) is 11.4 Å². The van der Waals surface area contributed by atoms with Gasteiger partial charge in [0.1, 0.15) is 5.75 Å². The van der Waals surface area contributed by atoms with Crippen molar-refractivity contribution >= 4 is 12.4 Å². The Morgan fingerprint density at radius 2 is 2.12 bits per heavy atom. The van der Waals surface area contributed by atoms with E-state index >= 15 is 0 Å². The fourth-order valence-electron chi connectivity index (χ4n) is 1.36. The van der Waals surface area contributed by atoms with Crippen LogP contribution in [0, 0.1) is 6.92 Å². The maximum atomic E-state index is 9.60. The standard InChI is InChI=1S/C11H19N3O.ClH/c1-9-4-5-11(15)10(13-9)8-14(3)7-6-12-2;/h4-5,12,15H,6-8H2,1-3H3;1H. The quantitative estimate of drug-likeness (QED) is 0.818. The van der Waals surface area contributed by atoms with Gasteiger partial charge in [-0.15, -0.1) is 12.4 Å². The molecule has 1 heterocycles. The summed E-state index contributed by atoms with van der Waals surface area (Å²) < 4.78 is 0. The van der Waals surface area contributed by atoms with Gasteiger partial charge >= 0.3 is 0 Å². The number of hydrogen-bond acceptors (Lipinski definition) is 4. The molecule has 92 valence electrons. The Bertz CT molecular complexity index is 320. The van der Waals surface area contributed by atoms with Crippen LogP contribution in [0.2, 0.25) is 0 Å². The third kappa shape index (κ3) is 4.79. The third-order valence-corrected chi connectivity index (χ3v) is 2.25. The molecule has 0 aliphatic rings. The number of hydrogen-bond donors (Lipinski definition) is 2. The Hall–Kier alpha value is -0.840. The van der Waals surface area contributed by atoms with Crippen molar-refractivity contribution in [2.45, 2.75) is 13.5 Å². The monoisotopic (exact) mass is 245 g/mol. The Balaban J connectivity index is 0.00000225. The molecular formula is C11H20ClN3O. The molecule has 0 fully saturated rings. The van der Waals surface area contributed by atoms with E-state index in [9.17, 15) is 5.11 Å². The highest BCUT2D eigenvalue weighted by Crippen LogP contribution is 2.15. The van der Waals surface area contributed by atoms with Gasteiger partial charge in [-0.1, -0.05) is 0 Å². The molecule has 0 spiro atoms. The summed E-state index contributed by atoms with van der Waals surface area (Å²) in [7, 11) is 3.94. The van der Waals surface area contributed by atoms with Crippen LogP contribution >= 0.6 is 12.4 Å². The van der Waals surface area contributed by atoms with Crippen LogP contribution < -0.4 is 5.32 Å². The lowest BCUT2D eigenvalue weighted by Gasteiger charge is -2.16. The van der Waals surface area contributed by atoms with E-state index in [4.69, 9.17) is 0 Å². The van der Waals surface area contributed by atoms with Gasteiger partial charge in [0.25, 0.3) is 0 Å². The van der Waals surface area contributed by atoms with E-state index in [-0.39, 0.29) is 18.2 Å². The lowest BCUT2D eigenvalue weighted by atomic mass is 10.2. The normalized spacial score (nSPS) is 10.2. The number of aromatic nitrogens is 1. The number of aromatic hydroxyl groups is 1. The number of halogens is 1. The van der Waals surface area contributed by atoms with Crippen LogP contribution in [0.15, 0.2) is 12.1 Å². The first kappa shape index (κ1) is 15.2. The molecule has 0 aliphatic carbocycles. The third-order valence-electron chi connectivity index (χ3n) is 2.25. The molecule has 1 aromatic heterocycles. The summed E-state index contributed by atoms with van der Waals surface area (Å²) in [5, 5.41) is 12.7. The predicted molar refractivity (Wildman–Crippen MR) is 68.1 cm³/mol. The summed E-state index contributed by atoms with van der Waals surface area (Å²) in [5.74, 6) is 0.275. The summed E-state index contributed by atoms with van der Waals surface area (Å²) in [6.45, 7) is 4.47. The van der Waals surface area contributed by atoms with Gasteiger partial charge in [0, 0.05) is 25.3 Å². The van der Waals surface area contributed by atoms with E-state index in [1.54, 1.807) is 6.07 Å². The first-order valence-corrected chi connectivity index (χ1v) is 5.12. The summed E-state index contributed by atoms with van der Waals surface area (Å²) in [4.78, 5) is 6.43. The minimum Gasteiger partial charge on any atom is -0.506 e. The maximum Gasteiger partial charge on any atom is 0.138 e. The highest BCUT2D eigenvalue weighted by molar-refractivity contribution is 5.85. The molecular weight excluding hydrogens is 226 g/mol. The zero-order valence-corrected chi connectivity index (χ0v) is 10.8. The minimum absolute atomic E-state index is 0. The average Bonchev–Trinajstić information content (AvgIpc) is 2.20. The lowest BCUT2D eigenvalue weighted by molar-refractivity contribution is 0.316. The lowest BCUT2D eigenvalue weighted by Crippen LogP contribution is -2.27. The van der Waals surface area contributed by atoms with Crippen molar-refractivity contribution in [3.05, 3.63) is 23.5 Å². The molecule has 0 radical (unpaired) electrons. The summed E-state index contributed by atoms with van der Waals surface area (Å²) in [6, 6.07) is 3.51. The van der Waals surface area contributed by atoms with Gasteiger partial charge in [-0.2, -0.15) is 0 Å². The molecule has 0 bridgehead atoms. The first-order chi connectivity index (χ1) is 7.13. The molecule has 5 heteroatoms. The number of rotatable bonds is 5. The van der Waals surface area contributed by atoms with Crippen LogP contribution in [-0.4, -0.2) is 42.2 Å². The molecule has 0 saturated heterocycles. The van der Waals surface area contributed by atoms with Crippen LogP contribution in [-0.2, 0) is 6.54 Å². The van der Waals surface area contributed by atoms with Crippen LogP contribution in [0.25, 0.3) is 0 Å². The zero-order valence-electron chi connectivity index (χ0n) is 10.0. The second kappa shape index (κ2) is 7.44. The molecule has 16 heavy (non-hydrogen) atoms. The Morgan fingerprint density at radius 3 is 2.75 bits per heavy atom. The molecule has 1 aromatic rings. The summed E-state index contributed by atoms with van der Waals surface area (Å²) in [6.07, 6.45) is 0. The average molecular weight is 246 g/mol. The number of nitrogens with one attached hydrogen (secondary N) is 1. The predicted octanol–water partition coefficient (Wildman–Crippen LogP) is 1.17. The Kier molecular flexibility index (Phi) is 7.05. The highest BCUT2D eigenvalue weighted by atomic mass is 35.5. The van der Waals surface area contributed by atoms with Crippen molar-refractivity contribution in [2.75, 3.05) is 27.2 Å². The number of nitrogens with zero attached hydrogens (tertiary/aromatic N) is 2. The van der Waals surface area contributed by atoms with Gasteiger partial charge in [0.15, 0.2) is 0 Å². The van der Waals surface area contributed by atoms with Gasteiger partial charge in [-0.3, -0.25) is 9.88 Å². The van der Waals surface area contributed by atoms with Crippen molar-refractivity contribution in [3.8, 4) is 5.75 Å². The summed E-state index contributed by atoms with van der Waals surface area (Å²) in [5.41, 5.74) is 1.68. The van der Waals surface area contributed by atoms with Crippen LogP contribution in [0.3, 0.4) is 0 Å². The van der Waals surface area contributed by atoms with Gasteiger partial charge < -0.3 is 10.4 Å². The molecule has 2 N–H and O–H groups in total. The van der Waals surface area contributed by atoms with E-state index in [0.29, 0.717) is 6.54 Å². The Labute approximate surface area is 103 Å². The number of aryl methyl sites for hydroxylation is 1. The molecule has 0 atom stereocenters. The SMILES string of the molecule is CNCCN(C)Cc1nc(C)ccc1O.Cl. The second-order valence-corrected chi connectivity index (χ2v) is 3.76. The fraction of sp³-hybridized carbons (Fsp3) is 0.545. The molecule has 0 aliphatic heterocycles. The smallest absolute Gasteiger partial charge is 0.138 e. The van der Waals surface area contributed by atoms with E-state index < -0.39 is 0 Å². The molecule has 0 saturated carbocycles. The van der Waals surface area contributed by atoms with E-state index in [1.807, 2.05) is 27.1 Å². The van der Waals surface area contributed by atoms with Gasteiger partial charge in [-0.25, -0.2) is 0 Å². The second-order valence-electron chi connectivity index (χ2n) is 3.76. The molecule has 0 aromatic carbocycles. The van der Waals surface area contributed by atoms with Crippen molar-refractivity contribution in [1.82, 2.24) is 15.2 Å². The zero-order chi connectivity index (χ0) is 11.3. The van der Waals surface area contributed by atoms with Gasteiger partial charge in [0.05, 0.1) is 5.69 Å². The molecule has 0 amide bonds. The highest BCUT2D eigenvalue weighted by Gasteiger charge is 2.06. The van der Waals surface area contributed by atoms with Crippen molar-refractivity contribution in [2.24, 2.45) is 0 Å². The minimum atomic E-state index is 0. The largest absolute Gasteiger partial charge is 0.506 e. The molecule has 1 rings (SSSR count). The fourth-order valence-corrected chi connectivity index (χ4v) is 1.36. The number of likely N-dealkylation sites (N-methyl/N-ethyl adjacent to an activating group) is 2. The van der Waals surface area contributed by atoms with Crippen molar-refractivity contribution < 1.29 is 5.11 Å². The first-order valence-electron chi connectivity index (χ1n) is 5.12. The number of pyridine rings is 1. The van der Waals surface area contributed by atoms with E-state index in [1.165, 1.54) is 0 Å². The van der Waals surface area contributed by atoms with Gasteiger partial charge in [0.2, 0.25) is 0 Å². The topological polar surface area (TPSA) is 48.4 Å². The van der Waals surface area contributed by atoms with Crippen LogP contribution in [0.4, 0.5) is 0 Å². The van der Waals surface area contributed by atoms with E-state index in [2.05, 4.69) is 15.2 Å². The molecule has 4 nitrogen and oxygen atoms in total. The molecule has 0 unspecified atom stereocenters. The van der Waals surface area contributed by atoms with E-state index in [0.717, 1.165) is 24.5 Å². The maximum absolute atomic E-state index is 9.60. The van der Waals surface area contributed by atoms with Crippen LogP contribution in [0.5, 0.6) is 5.75 Å². The summed E-state index contributed by atoms with van der Waals surface area (Å²) >= 11 is 0. The van der Waals surface area contributed by atoms with Crippen molar-refractivity contribution in [1.29, 1.82) is 0 Å². The van der Waals surface area contributed by atoms with Gasteiger partial charge in [-0.05, 0) is 33.2 Å². The van der Waals surface area contributed by atoms with Crippen molar-refractivity contribution in [3.63, 3.8) is 0 Å². The Morgan fingerprint density at radius 1 is 1.44 bits per heavy atom.